The fraction of sp³-hybridized carbons (Fsp3) is 0.158. The van der Waals surface area contributed by atoms with Crippen molar-refractivity contribution < 1.29 is 9.72 Å². The van der Waals surface area contributed by atoms with E-state index >= 15 is 0 Å². The normalized spacial score (nSPS) is 11.1. The summed E-state index contributed by atoms with van der Waals surface area (Å²) >= 11 is 0. The van der Waals surface area contributed by atoms with Crippen molar-refractivity contribution in [2.45, 2.75) is 13.5 Å². The zero-order valence-corrected chi connectivity index (χ0v) is 14.3. The van der Waals surface area contributed by atoms with Gasteiger partial charge < -0.3 is 9.88 Å². The van der Waals surface area contributed by atoms with Gasteiger partial charge in [-0.3, -0.25) is 14.9 Å². The third-order valence-corrected chi connectivity index (χ3v) is 4.03. The number of nitro benzene ring substituents is 1. The Bertz CT molecular complexity index is 991. The molecule has 3 aromatic rings. The van der Waals surface area contributed by atoms with Gasteiger partial charge in [-0.2, -0.15) is 0 Å². The summed E-state index contributed by atoms with van der Waals surface area (Å²) < 4.78 is 2.04. The van der Waals surface area contributed by atoms with Crippen LogP contribution in [0, 0.1) is 17.0 Å². The first-order valence-electron chi connectivity index (χ1n) is 8.17. The number of aromatic nitrogens is 2. The maximum atomic E-state index is 12.0. The van der Waals surface area contributed by atoms with Gasteiger partial charge in [-0.1, -0.05) is 24.3 Å². The molecule has 0 bridgehead atoms. The zero-order chi connectivity index (χ0) is 18.5. The van der Waals surface area contributed by atoms with Gasteiger partial charge >= 0.3 is 0 Å². The van der Waals surface area contributed by atoms with E-state index in [2.05, 4.69) is 10.3 Å². The summed E-state index contributed by atoms with van der Waals surface area (Å²) in [5, 5.41) is 13.8. The molecular weight excluding hydrogens is 332 g/mol. The van der Waals surface area contributed by atoms with Crippen LogP contribution in [0.25, 0.3) is 17.1 Å². The molecule has 0 radical (unpaired) electrons. The molecule has 132 valence electrons. The van der Waals surface area contributed by atoms with Crippen molar-refractivity contribution in [3.63, 3.8) is 0 Å². The topological polar surface area (TPSA) is 90.1 Å². The zero-order valence-electron chi connectivity index (χ0n) is 14.3. The minimum absolute atomic E-state index is 0.0305. The predicted molar refractivity (Wildman–Crippen MR) is 99.6 cm³/mol. The fourth-order valence-corrected chi connectivity index (χ4v) is 2.79. The SMILES string of the molecule is Cc1nc2ccccc2n1CCNC(=O)/C=C/c1ccccc1[N+](=O)[O-]. The molecule has 7 heteroatoms. The maximum Gasteiger partial charge on any atom is 0.276 e. The van der Waals surface area contributed by atoms with E-state index in [4.69, 9.17) is 0 Å². The van der Waals surface area contributed by atoms with Gasteiger partial charge in [0.15, 0.2) is 0 Å². The third-order valence-electron chi connectivity index (χ3n) is 4.03. The molecule has 1 amide bonds. The number of rotatable bonds is 6. The highest BCUT2D eigenvalue weighted by molar-refractivity contribution is 5.92. The Morgan fingerprint density at radius 1 is 1.23 bits per heavy atom. The van der Waals surface area contributed by atoms with Crippen LogP contribution in [0.15, 0.2) is 54.6 Å². The molecule has 0 fully saturated rings. The van der Waals surface area contributed by atoms with E-state index in [1.807, 2.05) is 35.8 Å². The molecule has 0 unspecified atom stereocenters. The van der Waals surface area contributed by atoms with Crippen LogP contribution in [0.4, 0.5) is 5.69 Å². The number of hydrogen-bond acceptors (Lipinski definition) is 4. The molecule has 0 atom stereocenters. The Morgan fingerprint density at radius 2 is 1.96 bits per heavy atom. The molecule has 0 saturated carbocycles. The number of hydrogen-bond donors (Lipinski definition) is 1. The van der Waals surface area contributed by atoms with Gasteiger partial charge in [-0.15, -0.1) is 0 Å². The average Bonchev–Trinajstić information content (AvgIpc) is 2.95. The lowest BCUT2D eigenvalue weighted by Crippen LogP contribution is -2.25. The smallest absolute Gasteiger partial charge is 0.276 e. The van der Waals surface area contributed by atoms with E-state index in [-0.39, 0.29) is 11.6 Å². The van der Waals surface area contributed by atoms with Crippen LogP contribution in [0.5, 0.6) is 0 Å². The van der Waals surface area contributed by atoms with Gasteiger partial charge in [0.25, 0.3) is 5.69 Å². The maximum absolute atomic E-state index is 12.0. The van der Waals surface area contributed by atoms with E-state index < -0.39 is 4.92 Å². The highest BCUT2D eigenvalue weighted by Gasteiger charge is 2.10. The largest absolute Gasteiger partial charge is 0.351 e. The Hall–Kier alpha value is -3.48. The van der Waals surface area contributed by atoms with Gasteiger partial charge in [-0.05, 0) is 31.2 Å². The summed E-state index contributed by atoms with van der Waals surface area (Å²) in [6.45, 7) is 2.95. The lowest BCUT2D eigenvalue weighted by molar-refractivity contribution is -0.385. The minimum atomic E-state index is -0.468. The minimum Gasteiger partial charge on any atom is -0.351 e. The van der Waals surface area contributed by atoms with Crippen molar-refractivity contribution in [2.24, 2.45) is 0 Å². The second-order valence-electron chi connectivity index (χ2n) is 5.74. The van der Waals surface area contributed by atoms with Crippen molar-refractivity contribution >= 4 is 28.7 Å². The Morgan fingerprint density at radius 3 is 2.77 bits per heavy atom. The Kier molecular flexibility index (Phi) is 5.07. The van der Waals surface area contributed by atoms with Crippen LogP contribution in [-0.2, 0) is 11.3 Å². The molecule has 1 heterocycles. The summed E-state index contributed by atoms with van der Waals surface area (Å²) in [6, 6.07) is 14.1. The van der Waals surface area contributed by atoms with Crippen LogP contribution in [0.3, 0.4) is 0 Å². The molecule has 7 nitrogen and oxygen atoms in total. The van der Waals surface area contributed by atoms with Crippen molar-refractivity contribution in [2.75, 3.05) is 6.54 Å². The first kappa shape index (κ1) is 17.3. The van der Waals surface area contributed by atoms with Crippen LogP contribution >= 0.6 is 0 Å². The van der Waals surface area contributed by atoms with Crippen molar-refractivity contribution in [3.05, 3.63) is 76.1 Å². The predicted octanol–water partition coefficient (Wildman–Crippen LogP) is 3.08. The average molecular weight is 350 g/mol. The van der Waals surface area contributed by atoms with Crippen LogP contribution in [0.1, 0.15) is 11.4 Å². The number of amides is 1. The molecule has 1 N–H and O–H groups in total. The van der Waals surface area contributed by atoms with Gasteiger partial charge in [0.2, 0.25) is 5.91 Å². The van der Waals surface area contributed by atoms with Crippen molar-refractivity contribution in [3.8, 4) is 0 Å². The highest BCUT2D eigenvalue weighted by atomic mass is 16.6. The van der Waals surface area contributed by atoms with E-state index in [1.165, 1.54) is 18.2 Å². The number of imidazole rings is 1. The summed E-state index contributed by atoms with van der Waals surface area (Å²) in [4.78, 5) is 27.0. The molecule has 0 aliphatic carbocycles. The summed E-state index contributed by atoms with van der Waals surface area (Å²) in [6.07, 6.45) is 2.76. The molecule has 0 saturated heterocycles. The first-order valence-corrected chi connectivity index (χ1v) is 8.17. The molecule has 0 aliphatic heterocycles. The lowest BCUT2D eigenvalue weighted by Gasteiger charge is -2.07. The fourth-order valence-electron chi connectivity index (χ4n) is 2.79. The number of nitrogens with one attached hydrogen (secondary N) is 1. The highest BCUT2D eigenvalue weighted by Crippen LogP contribution is 2.18. The van der Waals surface area contributed by atoms with E-state index in [1.54, 1.807) is 18.2 Å². The quantitative estimate of drug-likeness (QED) is 0.420. The standard InChI is InChI=1S/C19H18N4O3/c1-14-21-16-7-3-5-9-18(16)22(14)13-12-20-19(24)11-10-15-6-2-4-8-17(15)23(25)26/h2-11H,12-13H2,1H3,(H,20,24)/b11-10+. The molecule has 0 spiro atoms. The summed E-state index contributed by atoms with van der Waals surface area (Å²) in [5.74, 6) is 0.584. The van der Waals surface area contributed by atoms with Gasteiger partial charge in [0, 0.05) is 25.2 Å². The molecular formula is C19H18N4O3. The summed E-state index contributed by atoms with van der Waals surface area (Å²) in [5.41, 5.74) is 2.31. The number of fused-ring (bicyclic) bond motifs is 1. The van der Waals surface area contributed by atoms with E-state index in [9.17, 15) is 14.9 Å². The first-order chi connectivity index (χ1) is 12.6. The van der Waals surface area contributed by atoms with Crippen molar-refractivity contribution in [1.82, 2.24) is 14.9 Å². The number of benzene rings is 2. The van der Waals surface area contributed by atoms with Gasteiger partial charge in [0.1, 0.15) is 5.82 Å². The number of nitrogens with zero attached hydrogens (tertiary/aromatic N) is 3. The molecule has 2 aromatic carbocycles. The van der Waals surface area contributed by atoms with Gasteiger partial charge in [0.05, 0.1) is 21.5 Å². The third kappa shape index (κ3) is 3.77. The van der Waals surface area contributed by atoms with E-state index in [0.29, 0.717) is 18.7 Å². The van der Waals surface area contributed by atoms with Gasteiger partial charge in [-0.25, -0.2) is 4.98 Å². The number of nitro groups is 1. The van der Waals surface area contributed by atoms with Crippen LogP contribution in [-0.4, -0.2) is 26.9 Å². The van der Waals surface area contributed by atoms with E-state index in [0.717, 1.165) is 16.9 Å². The lowest BCUT2D eigenvalue weighted by atomic mass is 10.1. The molecule has 26 heavy (non-hydrogen) atoms. The molecule has 1 aromatic heterocycles. The molecule has 0 aliphatic rings. The number of aryl methyl sites for hydroxylation is 1. The monoisotopic (exact) mass is 350 g/mol. The van der Waals surface area contributed by atoms with Crippen LogP contribution < -0.4 is 5.32 Å². The Balaban J connectivity index is 1.61. The second-order valence-corrected chi connectivity index (χ2v) is 5.74. The van der Waals surface area contributed by atoms with Crippen LogP contribution in [0.2, 0.25) is 0 Å². The second kappa shape index (κ2) is 7.60. The number of carbonyl (C=O) groups excluding carboxylic acids is 1. The van der Waals surface area contributed by atoms with Crippen molar-refractivity contribution in [1.29, 1.82) is 0 Å². The summed E-state index contributed by atoms with van der Waals surface area (Å²) in [7, 11) is 0. The number of para-hydroxylation sites is 3. The number of carbonyl (C=O) groups is 1. The Labute approximate surface area is 150 Å². The molecule has 3 rings (SSSR count).